The Bertz CT molecular complexity index is 419. The first-order valence-corrected chi connectivity index (χ1v) is 6.77. The van der Waals surface area contributed by atoms with E-state index in [4.69, 9.17) is 16.7 Å². The SMILES string of the molecule is Oc1ccc(SCCc2ccc(Cl)cc2)cc1. The fourth-order valence-corrected chi connectivity index (χ4v) is 2.51. The van der Waals surface area contributed by atoms with Gasteiger partial charge in [-0.1, -0.05) is 23.7 Å². The van der Waals surface area contributed by atoms with Crippen LogP contribution < -0.4 is 0 Å². The molecule has 1 nitrogen and oxygen atoms in total. The van der Waals surface area contributed by atoms with Crippen molar-refractivity contribution in [3.63, 3.8) is 0 Å². The number of halogens is 1. The highest BCUT2D eigenvalue weighted by Crippen LogP contribution is 2.21. The molecular formula is C14H13ClOS. The third-order valence-electron chi connectivity index (χ3n) is 2.41. The van der Waals surface area contributed by atoms with E-state index in [2.05, 4.69) is 12.1 Å². The number of phenols is 1. The number of rotatable bonds is 4. The zero-order valence-electron chi connectivity index (χ0n) is 9.27. The molecule has 0 fully saturated rings. The molecule has 0 saturated heterocycles. The Balaban J connectivity index is 1.83. The molecule has 2 rings (SSSR count). The Kier molecular flexibility index (Phi) is 4.35. The van der Waals surface area contributed by atoms with Gasteiger partial charge in [-0.15, -0.1) is 11.8 Å². The molecular weight excluding hydrogens is 252 g/mol. The molecule has 17 heavy (non-hydrogen) atoms. The maximum absolute atomic E-state index is 9.16. The van der Waals surface area contributed by atoms with Crippen LogP contribution in [-0.4, -0.2) is 10.9 Å². The minimum atomic E-state index is 0.312. The van der Waals surface area contributed by atoms with Crippen LogP contribution in [0.3, 0.4) is 0 Å². The van der Waals surface area contributed by atoms with Gasteiger partial charge in [-0.2, -0.15) is 0 Å². The Labute approximate surface area is 110 Å². The lowest BCUT2D eigenvalue weighted by Crippen LogP contribution is -1.87. The predicted molar refractivity (Wildman–Crippen MR) is 74.0 cm³/mol. The van der Waals surface area contributed by atoms with E-state index >= 15 is 0 Å². The summed E-state index contributed by atoms with van der Waals surface area (Å²) < 4.78 is 0. The van der Waals surface area contributed by atoms with Gasteiger partial charge < -0.3 is 5.11 Å². The van der Waals surface area contributed by atoms with Crippen LogP contribution in [-0.2, 0) is 6.42 Å². The molecule has 0 aliphatic heterocycles. The molecule has 0 unspecified atom stereocenters. The van der Waals surface area contributed by atoms with Gasteiger partial charge in [0.15, 0.2) is 0 Å². The van der Waals surface area contributed by atoms with Crippen molar-refractivity contribution in [1.82, 2.24) is 0 Å². The summed E-state index contributed by atoms with van der Waals surface area (Å²) in [5, 5.41) is 9.94. The van der Waals surface area contributed by atoms with Crippen molar-refractivity contribution in [1.29, 1.82) is 0 Å². The number of hydrogen-bond donors (Lipinski definition) is 1. The Morgan fingerprint density at radius 2 is 1.59 bits per heavy atom. The summed E-state index contributed by atoms with van der Waals surface area (Å²) in [5.41, 5.74) is 1.29. The molecule has 0 amide bonds. The van der Waals surface area contributed by atoms with Crippen LogP contribution in [0.25, 0.3) is 0 Å². The van der Waals surface area contributed by atoms with E-state index < -0.39 is 0 Å². The Hall–Kier alpha value is -1.12. The molecule has 0 aromatic heterocycles. The topological polar surface area (TPSA) is 20.2 Å². The van der Waals surface area contributed by atoms with Crippen LogP contribution in [0.1, 0.15) is 5.56 Å². The van der Waals surface area contributed by atoms with Crippen molar-refractivity contribution in [2.45, 2.75) is 11.3 Å². The molecule has 1 N–H and O–H groups in total. The van der Waals surface area contributed by atoms with E-state index in [-0.39, 0.29) is 0 Å². The number of thioether (sulfide) groups is 1. The summed E-state index contributed by atoms with van der Waals surface area (Å²) in [6, 6.07) is 15.2. The summed E-state index contributed by atoms with van der Waals surface area (Å²) in [6.07, 6.45) is 1.02. The zero-order chi connectivity index (χ0) is 12.1. The highest BCUT2D eigenvalue weighted by Gasteiger charge is 1.97. The van der Waals surface area contributed by atoms with Gasteiger partial charge in [-0.3, -0.25) is 0 Å². The van der Waals surface area contributed by atoms with Gasteiger partial charge in [0.25, 0.3) is 0 Å². The van der Waals surface area contributed by atoms with Gasteiger partial charge in [0.05, 0.1) is 0 Å². The van der Waals surface area contributed by atoms with Crippen LogP contribution >= 0.6 is 23.4 Å². The van der Waals surface area contributed by atoms with Crippen LogP contribution in [0.5, 0.6) is 5.75 Å². The van der Waals surface area contributed by atoms with Crippen molar-refractivity contribution in [2.24, 2.45) is 0 Å². The van der Waals surface area contributed by atoms with Crippen LogP contribution in [0.4, 0.5) is 0 Å². The largest absolute Gasteiger partial charge is 0.508 e. The maximum Gasteiger partial charge on any atom is 0.115 e. The van der Waals surface area contributed by atoms with Crippen molar-refractivity contribution in [2.75, 3.05) is 5.75 Å². The smallest absolute Gasteiger partial charge is 0.115 e. The standard InChI is InChI=1S/C14H13ClOS/c15-12-3-1-11(2-4-12)9-10-17-14-7-5-13(16)6-8-14/h1-8,16H,9-10H2. The van der Waals surface area contributed by atoms with E-state index in [1.807, 2.05) is 24.3 Å². The molecule has 88 valence electrons. The van der Waals surface area contributed by atoms with Crippen LogP contribution in [0.2, 0.25) is 5.02 Å². The van der Waals surface area contributed by atoms with Gasteiger partial charge >= 0.3 is 0 Å². The summed E-state index contributed by atoms with van der Waals surface area (Å²) in [6.45, 7) is 0. The lowest BCUT2D eigenvalue weighted by atomic mass is 10.2. The van der Waals surface area contributed by atoms with Crippen molar-refractivity contribution < 1.29 is 5.11 Å². The number of aromatic hydroxyl groups is 1. The fourth-order valence-electron chi connectivity index (χ4n) is 1.48. The first-order chi connectivity index (χ1) is 8.24. The van der Waals surface area contributed by atoms with Crippen molar-refractivity contribution in [3.05, 3.63) is 59.1 Å². The minimum Gasteiger partial charge on any atom is -0.508 e. The second-order valence-electron chi connectivity index (χ2n) is 3.72. The van der Waals surface area contributed by atoms with Crippen LogP contribution in [0.15, 0.2) is 53.4 Å². The molecule has 0 heterocycles. The monoisotopic (exact) mass is 264 g/mol. The first kappa shape index (κ1) is 12.3. The third kappa shape index (κ3) is 3.99. The average molecular weight is 265 g/mol. The second-order valence-corrected chi connectivity index (χ2v) is 5.32. The molecule has 0 aliphatic rings. The maximum atomic E-state index is 9.16. The molecule has 0 atom stereocenters. The highest BCUT2D eigenvalue weighted by atomic mass is 35.5. The van der Waals surface area contributed by atoms with E-state index in [0.29, 0.717) is 5.75 Å². The Morgan fingerprint density at radius 1 is 0.941 bits per heavy atom. The number of benzene rings is 2. The summed E-state index contributed by atoms with van der Waals surface area (Å²) in [4.78, 5) is 1.18. The van der Waals surface area contributed by atoms with Crippen LogP contribution in [0, 0.1) is 0 Å². The highest BCUT2D eigenvalue weighted by molar-refractivity contribution is 7.99. The molecule has 0 bridgehead atoms. The van der Waals surface area contributed by atoms with Gasteiger partial charge in [-0.25, -0.2) is 0 Å². The van der Waals surface area contributed by atoms with E-state index in [1.165, 1.54) is 10.5 Å². The molecule has 0 radical (unpaired) electrons. The summed E-state index contributed by atoms with van der Waals surface area (Å²) in [7, 11) is 0. The zero-order valence-corrected chi connectivity index (χ0v) is 10.8. The van der Waals surface area contributed by atoms with E-state index in [0.717, 1.165) is 17.2 Å². The summed E-state index contributed by atoms with van der Waals surface area (Å²) >= 11 is 7.61. The molecule has 3 heteroatoms. The third-order valence-corrected chi connectivity index (χ3v) is 3.68. The van der Waals surface area contributed by atoms with Gasteiger partial charge in [0.1, 0.15) is 5.75 Å². The average Bonchev–Trinajstić information content (AvgIpc) is 2.34. The second kappa shape index (κ2) is 5.99. The van der Waals surface area contributed by atoms with Gasteiger partial charge in [-0.05, 0) is 48.4 Å². The summed E-state index contributed by atoms with van der Waals surface area (Å²) in [5.74, 6) is 1.33. The lowest BCUT2D eigenvalue weighted by molar-refractivity contribution is 0.475. The van der Waals surface area contributed by atoms with Gasteiger partial charge in [0.2, 0.25) is 0 Å². The number of phenolic OH excluding ortho intramolecular Hbond substituents is 1. The number of aryl methyl sites for hydroxylation is 1. The first-order valence-electron chi connectivity index (χ1n) is 5.40. The van der Waals surface area contributed by atoms with Crippen molar-refractivity contribution >= 4 is 23.4 Å². The van der Waals surface area contributed by atoms with E-state index in [1.54, 1.807) is 23.9 Å². The fraction of sp³-hybridized carbons (Fsp3) is 0.143. The van der Waals surface area contributed by atoms with Crippen molar-refractivity contribution in [3.8, 4) is 5.75 Å². The molecule has 0 saturated carbocycles. The number of hydrogen-bond acceptors (Lipinski definition) is 2. The Morgan fingerprint density at radius 3 is 2.24 bits per heavy atom. The molecule has 2 aromatic carbocycles. The molecule has 0 aliphatic carbocycles. The minimum absolute atomic E-state index is 0.312. The molecule has 0 spiro atoms. The quantitative estimate of drug-likeness (QED) is 0.827. The van der Waals surface area contributed by atoms with Gasteiger partial charge in [0, 0.05) is 15.7 Å². The molecule has 2 aromatic rings. The van der Waals surface area contributed by atoms with E-state index in [9.17, 15) is 0 Å². The predicted octanol–water partition coefficient (Wildman–Crippen LogP) is 4.38. The normalized spacial score (nSPS) is 10.4. The lowest BCUT2D eigenvalue weighted by Gasteiger charge is -2.02.